The van der Waals surface area contributed by atoms with Gasteiger partial charge in [-0.2, -0.15) is 0 Å². The molecule has 0 aliphatic carbocycles. The molecule has 166 valence electrons. The molecule has 8 nitrogen and oxygen atoms in total. The molecule has 2 aromatic rings. The van der Waals surface area contributed by atoms with Crippen LogP contribution in [0.15, 0.2) is 48.5 Å². The lowest BCUT2D eigenvalue weighted by atomic mass is 10.1. The molecule has 0 aliphatic heterocycles. The standard InChI is InChI=1S/C22H26ClN3O5/c1-3-16-8-10-18(11-9-16)25-22(30)31-14-15(2)26(13-20(27)28)21(29)24-12-17-6-4-5-7-19(17)23/h4-11,15H,3,12-14H2,1-2H3,(H,24,29)(H,25,30)(H,27,28)/t15-/m0/s1. The van der Waals surface area contributed by atoms with Crippen LogP contribution in [0.1, 0.15) is 25.0 Å². The molecule has 0 heterocycles. The quantitative estimate of drug-likeness (QED) is 0.535. The minimum absolute atomic E-state index is 0.135. The van der Waals surface area contributed by atoms with Gasteiger partial charge < -0.3 is 20.1 Å². The number of carbonyl (C=O) groups excluding carboxylic acids is 2. The zero-order chi connectivity index (χ0) is 22.8. The van der Waals surface area contributed by atoms with Gasteiger partial charge in [0.15, 0.2) is 0 Å². The third-order valence-corrected chi connectivity index (χ3v) is 4.92. The molecule has 0 fully saturated rings. The molecule has 0 saturated carbocycles. The Morgan fingerprint density at radius 1 is 1.13 bits per heavy atom. The van der Waals surface area contributed by atoms with Crippen LogP contribution in [0.3, 0.4) is 0 Å². The van der Waals surface area contributed by atoms with Gasteiger partial charge in [-0.05, 0) is 42.7 Å². The van der Waals surface area contributed by atoms with Crippen molar-refractivity contribution in [2.75, 3.05) is 18.5 Å². The van der Waals surface area contributed by atoms with Crippen LogP contribution in [0.5, 0.6) is 0 Å². The number of hydrogen-bond acceptors (Lipinski definition) is 4. The van der Waals surface area contributed by atoms with Gasteiger partial charge in [0.25, 0.3) is 0 Å². The van der Waals surface area contributed by atoms with Crippen LogP contribution in [0.2, 0.25) is 5.02 Å². The average Bonchev–Trinajstić information content (AvgIpc) is 2.75. The fourth-order valence-electron chi connectivity index (χ4n) is 2.75. The maximum atomic E-state index is 12.6. The number of carboxylic acids is 1. The van der Waals surface area contributed by atoms with E-state index in [0.29, 0.717) is 16.3 Å². The first-order valence-corrected chi connectivity index (χ1v) is 10.2. The molecule has 0 unspecified atom stereocenters. The first-order chi connectivity index (χ1) is 14.8. The topological polar surface area (TPSA) is 108 Å². The zero-order valence-corrected chi connectivity index (χ0v) is 18.2. The Morgan fingerprint density at radius 3 is 2.42 bits per heavy atom. The van der Waals surface area contributed by atoms with Crippen LogP contribution in [0.4, 0.5) is 15.3 Å². The second-order valence-electron chi connectivity index (χ2n) is 6.89. The van der Waals surface area contributed by atoms with E-state index in [1.165, 1.54) is 0 Å². The Labute approximate surface area is 186 Å². The van der Waals surface area contributed by atoms with Gasteiger partial charge in [-0.3, -0.25) is 10.1 Å². The van der Waals surface area contributed by atoms with Gasteiger partial charge in [-0.15, -0.1) is 0 Å². The molecule has 0 aromatic heterocycles. The molecule has 9 heteroatoms. The van der Waals surface area contributed by atoms with Crippen LogP contribution in [-0.4, -0.2) is 47.3 Å². The molecule has 0 radical (unpaired) electrons. The molecule has 2 aromatic carbocycles. The number of rotatable bonds is 9. The lowest BCUT2D eigenvalue weighted by Crippen LogP contribution is -2.49. The molecule has 0 spiro atoms. The number of urea groups is 1. The van der Waals surface area contributed by atoms with E-state index in [0.717, 1.165) is 16.9 Å². The normalized spacial score (nSPS) is 11.3. The number of anilines is 1. The number of carboxylic acid groups (broad SMARTS) is 1. The molecule has 0 saturated heterocycles. The minimum Gasteiger partial charge on any atom is -0.480 e. The van der Waals surface area contributed by atoms with Gasteiger partial charge in [0, 0.05) is 17.3 Å². The molecule has 0 aliphatic rings. The monoisotopic (exact) mass is 447 g/mol. The largest absolute Gasteiger partial charge is 0.480 e. The van der Waals surface area contributed by atoms with Crippen molar-refractivity contribution >= 4 is 35.4 Å². The predicted molar refractivity (Wildman–Crippen MR) is 118 cm³/mol. The number of carbonyl (C=O) groups is 3. The van der Waals surface area contributed by atoms with Crippen molar-refractivity contribution in [3.05, 3.63) is 64.7 Å². The molecular weight excluding hydrogens is 422 g/mol. The highest BCUT2D eigenvalue weighted by atomic mass is 35.5. The summed E-state index contributed by atoms with van der Waals surface area (Å²) in [7, 11) is 0. The van der Waals surface area contributed by atoms with E-state index < -0.39 is 30.7 Å². The van der Waals surface area contributed by atoms with E-state index in [-0.39, 0.29) is 13.2 Å². The summed E-state index contributed by atoms with van der Waals surface area (Å²) in [6.45, 7) is 3.05. The SMILES string of the molecule is CCc1ccc(NC(=O)OC[C@H](C)N(CC(=O)O)C(=O)NCc2ccccc2Cl)cc1. The fraction of sp³-hybridized carbons (Fsp3) is 0.318. The maximum absolute atomic E-state index is 12.6. The first-order valence-electron chi connectivity index (χ1n) is 9.82. The van der Waals surface area contributed by atoms with Crippen LogP contribution in [-0.2, 0) is 22.5 Å². The smallest absolute Gasteiger partial charge is 0.411 e. The number of halogens is 1. The van der Waals surface area contributed by atoms with Crippen LogP contribution in [0.25, 0.3) is 0 Å². The summed E-state index contributed by atoms with van der Waals surface area (Å²) in [4.78, 5) is 36.9. The number of amides is 3. The number of aryl methyl sites for hydroxylation is 1. The van der Waals surface area contributed by atoms with E-state index in [1.807, 2.05) is 19.1 Å². The number of benzene rings is 2. The van der Waals surface area contributed by atoms with Crippen molar-refractivity contribution in [2.45, 2.75) is 32.9 Å². The lowest BCUT2D eigenvalue weighted by Gasteiger charge is -2.27. The molecule has 3 amide bonds. The Hall–Kier alpha value is -3.26. The molecule has 31 heavy (non-hydrogen) atoms. The highest BCUT2D eigenvalue weighted by Gasteiger charge is 2.24. The van der Waals surface area contributed by atoms with Crippen molar-refractivity contribution in [1.82, 2.24) is 10.2 Å². The maximum Gasteiger partial charge on any atom is 0.411 e. The second kappa shape index (κ2) is 11.8. The van der Waals surface area contributed by atoms with Gasteiger partial charge in [0.2, 0.25) is 0 Å². The van der Waals surface area contributed by atoms with Crippen molar-refractivity contribution in [3.8, 4) is 0 Å². The van der Waals surface area contributed by atoms with Gasteiger partial charge in [-0.25, -0.2) is 9.59 Å². The van der Waals surface area contributed by atoms with Gasteiger partial charge in [0.1, 0.15) is 13.2 Å². The van der Waals surface area contributed by atoms with E-state index in [4.69, 9.17) is 21.4 Å². The highest BCUT2D eigenvalue weighted by Crippen LogP contribution is 2.15. The zero-order valence-electron chi connectivity index (χ0n) is 17.4. The number of nitrogens with zero attached hydrogens (tertiary/aromatic N) is 1. The van der Waals surface area contributed by atoms with Gasteiger partial charge >= 0.3 is 18.1 Å². The van der Waals surface area contributed by atoms with E-state index in [9.17, 15) is 14.4 Å². The van der Waals surface area contributed by atoms with E-state index in [1.54, 1.807) is 43.3 Å². The van der Waals surface area contributed by atoms with E-state index >= 15 is 0 Å². The average molecular weight is 448 g/mol. The number of nitrogens with one attached hydrogen (secondary N) is 2. The summed E-state index contributed by atoms with van der Waals surface area (Å²) in [5.74, 6) is -1.18. The summed E-state index contributed by atoms with van der Waals surface area (Å²) in [6.07, 6.45) is 0.197. The summed E-state index contributed by atoms with van der Waals surface area (Å²) in [6, 6.07) is 13.1. The lowest BCUT2D eigenvalue weighted by molar-refractivity contribution is -0.138. The Balaban J connectivity index is 1.90. The summed E-state index contributed by atoms with van der Waals surface area (Å²) in [5, 5.41) is 14.9. The number of ether oxygens (including phenoxy) is 1. The van der Waals surface area contributed by atoms with Crippen LogP contribution in [0, 0.1) is 0 Å². The summed E-state index contributed by atoms with van der Waals surface area (Å²) < 4.78 is 5.17. The van der Waals surface area contributed by atoms with Crippen molar-refractivity contribution in [2.24, 2.45) is 0 Å². The third-order valence-electron chi connectivity index (χ3n) is 4.55. The minimum atomic E-state index is -1.18. The number of aliphatic carboxylic acids is 1. The van der Waals surface area contributed by atoms with Crippen molar-refractivity contribution < 1.29 is 24.2 Å². The first kappa shape index (κ1) is 24.0. The summed E-state index contributed by atoms with van der Waals surface area (Å²) in [5.41, 5.74) is 2.42. The summed E-state index contributed by atoms with van der Waals surface area (Å²) >= 11 is 6.08. The fourth-order valence-corrected chi connectivity index (χ4v) is 2.95. The number of hydrogen-bond donors (Lipinski definition) is 3. The molecular formula is C22H26ClN3O5. The highest BCUT2D eigenvalue weighted by molar-refractivity contribution is 6.31. The molecule has 1 atom stereocenters. The Morgan fingerprint density at radius 2 is 1.81 bits per heavy atom. The van der Waals surface area contributed by atoms with Gasteiger partial charge in [0.05, 0.1) is 6.04 Å². The van der Waals surface area contributed by atoms with Crippen molar-refractivity contribution in [1.29, 1.82) is 0 Å². The van der Waals surface area contributed by atoms with E-state index in [2.05, 4.69) is 10.6 Å². The molecule has 0 bridgehead atoms. The Bertz CT molecular complexity index is 904. The van der Waals surface area contributed by atoms with Crippen LogP contribution < -0.4 is 10.6 Å². The third kappa shape index (κ3) is 7.82. The van der Waals surface area contributed by atoms with Crippen LogP contribution >= 0.6 is 11.6 Å². The predicted octanol–water partition coefficient (Wildman–Crippen LogP) is 4.14. The molecule has 2 rings (SSSR count). The second-order valence-corrected chi connectivity index (χ2v) is 7.30. The van der Waals surface area contributed by atoms with Crippen molar-refractivity contribution in [3.63, 3.8) is 0 Å². The van der Waals surface area contributed by atoms with Gasteiger partial charge in [-0.1, -0.05) is 48.9 Å². The Kier molecular flexibility index (Phi) is 9.14. The molecule has 3 N–H and O–H groups in total.